The molecule has 0 unspecified atom stereocenters. The Labute approximate surface area is 146 Å². The molecule has 0 aliphatic rings. The normalized spacial score (nSPS) is 11.1. The predicted molar refractivity (Wildman–Crippen MR) is 94.3 cm³/mol. The van der Waals surface area contributed by atoms with Gasteiger partial charge in [-0.1, -0.05) is 23.7 Å². The smallest absolute Gasteiger partial charge is 0.345 e. The Kier molecular flexibility index (Phi) is 3.51. The summed E-state index contributed by atoms with van der Waals surface area (Å²) < 4.78 is 5.28. The van der Waals surface area contributed by atoms with Crippen LogP contribution in [0.1, 0.15) is 15.9 Å². The summed E-state index contributed by atoms with van der Waals surface area (Å²) in [6.45, 7) is 0. The fourth-order valence-corrected chi connectivity index (χ4v) is 2.88. The number of benzene rings is 2. The van der Waals surface area contributed by atoms with Gasteiger partial charge in [0.05, 0.1) is 16.5 Å². The van der Waals surface area contributed by atoms with Gasteiger partial charge in [-0.15, -0.1) is 0 Å². The summed E-state index contributed by atoms with van der Waals surface area (Å²) in [6.07, 6.45) is 1.37. The zero-order chi connectivity index (χ0) is 17.6. The van der Waals surface area contributed by atoms with E-state index in [9.17, 15) is 14.7 Å². The third kappa shape index (κ3) is 2.55. The minimum absolute atomic E-state index is 0.134. The van der Waals surface area contributed by atoms with Gasteiger partial charge in [-0.3, -0.25) is 9.78 Å². The number of ketones is 1. The number of rotatable bonds is 2. The first kappa shape index (κ1) is 15.4. The molecule has 0 atom stereocenters. The average molecular weight is 352 g/mol. The highest BCUT2D eigenvalue weighted by atomic mass is 35.5. The molecule has 4 aromatic rings. The molecule has 0 saturated carbocycles. The van der Waals surface area contributed by atoms with E-state index in [1.807, 2.05) is 0 Å². The maximum absolute atomic E-state index is 12.6. The lowest BCUT2D eigenvalue weighted by Gasteiger charge is -2.06. The van der Waals surface area contributed by atoms with Crippen molar-refractivity contribution in [3.8, 4) is 5.75 Å². The molecule has 2 heterocycles. The van der Waals surface area contributed by atoms with Crippen LogP contribution in [0.25, 0.3) is 21.9 Å². The molecule has 0 aliphatic carbocycles. The first-order valence-electron chi connectivity index (χ1n) is 7.39. The molecular formula is C19H10ClNO4. The molecule has 0 bridgehead atoms. The molecule has 0 spiro atoms. The molecule has 4 rings (SSSR count). The van der Waals surface area contributed by atoms with Gasteiger partial charge in [-0.05, 0) is 36.4 Å². The number of para-hydroxylation sites is 1. The van der Waals surface area contributed by atoms with Crippen LogP contribution < -0.4 is 5.63 Å². The molecule has 6 heteroatoms. The number of fused-ring (bicyclic) bond motifs is 3. The minimum atomic E-state index is -0.593. The number of hydrogen-bond acceptors (Lipinski definition) is 5. The second-order valence-electron chi connectivity index (χ2n) is 5.50. The molecule has 2 aromatic heterocycles. The van der Waals surface area contributed by atoms with Crippen molar-refractivity contribution in [1.82, 2.24) is 4.98 Å². The topological polar surface area (TPSA) is 80.4 Å². The van der Waals surface area contributed by atoms with Crippen LogP contribution in [0.3, 0.4) is 0 Å². The van der Waals surface area contributed by atoms with E-state index < -0.39 is 11.4 Å². The molecule has 1 N–H and O–H groups in total. The molecule has 0 amide bonds. The van der Waals surface area contributed by atoms with E-state index in [-0.39, 0.29) is 22.3 Å². The first-order chi connectivity index (χ1) is 12.0. The zero-order valence-corrected chi connectivity index (χ0v) is 13.4. The minimum Gasteiger partial charge on any atom is -0.507 e. The molecular weight excluding hydrogens is 342 g/mol. The number of nitrogens with zero attached hydrogens (tertiary/aromatic N) is 1. The summed E-state index contributed by atoms with van der Waals surface area (Å²) in [6, 6.07) is 12.5. The van der Waals surface area contributed by atoms with Crippen LogP contribution in [0, 0.1) is 0 Å². The number of hydrogen-bond donors (Lipinski definition) is 1. The lowest BCUT2D eigenvalue weighted by atomic mass is 10.0. The van der Waals surface area contributed by atoms with Crippen molar-refractivity contribution in [2.24, 2.45) is 0 Å². The molecule has 0 fully saturated rings. The van der Waals surface area contributed by atoms with Gasteiger partial charge in [-0.2, -0.15) is 0 Å². The molecule has 0 radical (unpaired) electrons. The fraction of sp³-hybridized carbons (Fsp3) is 0. The standard InChI is InChI=1S/C19H10ClNO4/c20-11-5-6-16-13(8-11)17-14(19(24)25-16)7-10(9-21-17)18(23)12-3-1-2-4-15(12)22/h1-9,22H. The van der Waals surface area contributed by atoms with Gasteiger partial charge in [0.15, 0.2) is 5.78 Å². The Morgan fingerprint density at radius 1 is 1.08 bits per heavy atom. The van der Waals surface area contributed by atoms with Crippen LogP contribution in [-0.2, 0) is 0 Å². The quantitative estimate of drug-likeness (QED) is 0.336. The van der Waals surface area contributed by atoms with Crippen molar-refractivity contribution in [2.75, 3.05) is 0 Å². The molecule has 122 valence electrons. The van der Waals surface area contributed by atoms with Gasteiger partial charge in [0.25, 0.3) is 0 Å². The number of carbonyl (C=O) groups is 1. The maximum Gasteiger partial charge on any atom is 0.345 e. The van der Waals surface area contributed by atoms with E-state index in [4.69, 9.17) is 16.0 Å². The van der Waals surface area contributed by atoms with Crippen molar-refractivity contribution in [2.45, 2.75) is 0 Å². The number of carbonyl (C=O) groups excluding carboxylic acids is 1. The van der Waals surface area contributed by atoms with Gasteiger partial charge < -0.3 is 9.52 Å². The number of aromatic hydroxyl groups is 1. The van der Waals surface area contributed by atoms with E-state index in [2.05, 4.69) is 4.98 Å². The molecule has 0 saturated heterocycles. The number of aromatic nitrogens is 1. The summed E-state index contributed by atoms with van der Waals surface area (Å²) in [7, 11) is 0. The highest BCUT2D eigenvalue weighted by Gasteiger charge is 2.16. The predicted octanol–water partition coefficient (Wildman–Crippen LogP) is 3.93. The van der Waals surface area contributed by atoms with Gasteiger partial charge in [0.1, 0.15) is 11.3 Å². The van der Waals surface area contributed by atoms with Crippen molar-refractivity contribution in [1.29, 1.82) is 0 Å². The Balaban J connectivity index is 1.96. The van der Waals surface area contributed by atoms with Gasteiger partial charge in [0, 0.05) is 22.2 Å². The average Bonchev–Trinajstić information content (AvgIpc) is 2.62. The van der Waals surface area contributed by atoms with Crippen molar-refractivity contribution in [3.63, 3.8) is 0 Å². The molecule has 2 aromatic carbocycles. The Morgan fingerprint density at radius 2 is 1.88 bits per heavy atom. The van der Waals surface area contributed by atoms with Crippen LogP contribution >= 0.6 is 11.6 Å². The number of phenols is 1. The Hall–Kier alpha value is -3.18. The number of pyridine rings is 1. The third-order valence-electron chi connectivity index (χ3n) is 3.92. The van der Waals surface area contributed by atoms with Gasteiger partial charge in [-0.25, -0.2) is 4.79 Å². The number of halogens is 1. The monoisotopic (exact) mass is 351 g/mol. The van der Waals surface area contributed by atoms with Gasteiger partial charge >= 0.3 is 5.63 Å². The van der Waals surface area contributed by atoms with Crippen LogP contribution in [0.5, 0.6) is 5.75 Å². The molecule has 0 aliphatic heterocycles. The summed E-state index contributed by atoms with van der Waals surface area (Å²) >= 11 is 6.01. The van der Waals surface area contributed by atoms with E-state index >= 15 is 0 Å². The highest BCUT2D eigenvalue weighted by Crippen LogP contribution is 2.26. The lowest BCUT2D eigenvalue weighted by molar-refractivity contribution is 0.103. The van der Waals surface area contributed by atoms with Crippen LogP contribution in [-0.4, -0.2) is 15.9 Å². The lowest BCUT2D eigenvalue weighted by Crippen LogP contribution is -2.06. The maximum atomic E-state index is 12.6. The Morgan fingerprint density at radius 3 is 2.68 bits per heavy atom. The van der Waals surface area contributed by atoms with Gasteiger partial charge in [0.2, 0.25) is 0 Å². The van der Waals surface area contributed by atoms with E-state index in [0.717, 1.165) is 0 Å². The summed E-state index contributed by atoms with van der Waals surface area (Å²) in [5.74, 6) is -0.567. The van der Waals surface area contributed by atoms with Crippen molar-refractivity contribution >= 4 is 39.3 Å². The second-order valence-corrected chi connectivity index (χ2v) is 5.93. The summed E-state index contributed by atoms with van der Waals surface area (Å²) in [5.41, 5.74) is 0.501. The zero-order valence-electron chi connectivity index (χ0n) is 12.7. The van der Waals surface area contributed by atoms with E-state index in [0.29, 0.717) is 21.5 Å². The van der Waals surface area contributed by atoms with Crippen LogP contribution in [0.2, 0.25) is 5.02 Å². The van der Waals surface area contributed by atoms with Crippen molar-refractivity contribution in [3.05, 3.63) is 81.3 Å². The summed E-state index contributed by atoms with van der Waals surface area (Å²) in [4.78, 5) is 29.1. The SMILES string of the molecule is O=C(c1cnc2c(c1)c(=O)oc1ccc(Cl)cc12)c1ccccc1O. The molecule has 25 heavy (non-hydrogen) atoms. The highest BCUT2D eigenvalue weighted by molar-refractivity contribution is 6.31. The first-order valence-corrected chi connectivity index (χ1v) is 7.77. The van der Waals surface area contributed by atoms with Crippen molar-refractivity contribution < 1.29 is 14.3 Å². The van der Waals surface area contributed by atoms with E-state index in [1.54, 1.807) is 30.3 Å². The van der Waals surface area contributed by atoms with E-state index in [1.165, 1.54) is 24.4 Å². The summed E-state index contributed by atoms with van der Waals surface area (Å²) in [5, 5.41) is 11.1. The number of phenolic OH excluding ortho intramolecular Hbond substituents is 1. The fourth-order valence-electron chi connectivity index (χ4n) is 2.71. The van der Waals surface area contributed by atoms with Crippen LogP contribution in [0.15, 0.2) is 63.9 Å². The third-order valence-corrected chi connectivity index (χ3v) is 4.15. The Bertz CT molecular complexity index is 1210. The largest absolute Gasteiger partial charge is 0.507 e. The van der Waals surface area contributed by atoms with Crippen LogP contribution in [0.4, 0.5) is 0 Å². The molecule has 5 nitrogen and oxygen atoms in total. The second kappa shape index (κ2) is 5.72.